The molecule has 0 aliphatic rings. The molecule has 3 heteroatoms. The Morgan fingerprint density at radius 1 is 0.708 bits per heavy atom. The average molecular weight is 341 g/mol. The highest BCUT2D eigenvalue weighted by molar-refractivity contribution is 7.80. The van der Waals surface area contributed by atoms with Crippen LogP contribution in [0.2, 0.25) is 0 Å². The van der Waals surface area contributed by atoms with E-state index in [9.17, 15) is 0 Å². The van der Waals surface area contributed by atoms with Crippen molar-refractivity contribution in [1.29, 1.82) is 0 Å². The van der Waals surface area contributed by atoms with E-state index in [0.29, 0.717) is 5.11 Å². The van der Waals surface area contributed by atoms with E-state index in [4.69, 9.17) is 12.2 Å². The zero-order chi connectivity index (χ0) is 17.2. The van der Waals surface area contributed by atoms with E-state index >= 15 is 0 Å². The van der Waals surface area contributed by atoms with Crippen LogP contribution in [0.15, 0.2) is 48.5 Å². The van der Waals surface area contributed by atoms with E-state index in [0.717, 1.165) is 24.2 Å². The highest BCUT2D eigenvalue weighted by atomic mass is 32.1. The van der Waals surface area contributed by atoms with Crippen molar-refractivity contribution in [2.75, 3.05) is 10.6 Å². The Kier molecular flexibility index (Phi) is 7.76. The molecule has 24 heavy (non-hydrogen) atoms. The molecule has 0 fully saturated rings. The van der Waals surface area contributed by atoms with Gasteiger partial charge in [0.25, 0.3) is 0 Å². The predicted octanol–water partition coefficient (Wildman–Crippen LogP) is 6.18. The fourth-order valence-electron chi connectivity index (χ4n) is 2.56. The summed E-state index contributed by atoms with van der Waals surface area (Å²) < 4.78 is 0. The molecule has 0 bridgehead atoms. The molecule has 0 atom stereocenters. The van der Waals surface area contributed by atoms with Gasteiger partial charge >= 0.3 is 0 Å². The quantitative estimate of drug-likeness (QED) is 0.561. The highest BCUT2D eigenvalue weighted by Crippen LogP contribution is 2.14. The van der Waals surface area contributed by atoms with Gasteiger partial charge in [-0.3, -0.25) is 0 Å². The Morgan fingerprint density at radius 2 is 1.08 bits per heavy atom. The summed E-state index contributed by atoms with van der Waals surface area (Å²) >= 11 is 5.40. The van der Waals surface area contributed by atoms with Crippen molar-refractivity contribution >= 4 is 28.7 Å². The van der Waals surface area contributed by atoms with Crippen LogP contribution in [-0.4, -0.2) is 5.11 Å². The lowest BCUT2D eigenvalue weighted by atomic mass is 10.1. The van der Waals surface area contributed by atoms with Crippen molar-refractivity contribution in [3.63, 3.8) is 0 Å². The van der Waals surface area contributed by atoms with Crippen LogP contribution in [0.1, 0.15) is 50.7 Å². The summed E-state index contributed by atoms with van der Waals surface area (Å²) in [6, 6.07) is 17.0. The van der Waals surface area contributed by atoms with Gasteiger partial charge in [0.2, 0.25) is 0 Å². The molecule has 2 N–H and O–H groups in total. The summed E-state index contributed by atoms with van der Waals surface area (Å²) in [5, 5.41) is 7.11. The van der Waals surface area contributed by atoms with E-state index in [1.165, 1.54) is 36.8 Å². The second-order valence-electron chi connectivity index (χ2n) is 6.18. The summed E-state index contributed by atoms with van der Waals surface area (Å²) in [5.74, 6) is 0. The molecule has 0 aliphatic heterocycles. The fraction of sp³-hybridized carbons (Fsp3) is 0.381. The Morgan fingerprint density at radius 3 is 1.42 bits per heavy atom. The van der Waals surface area contributed by atoms with Crippen molar-refractivity contribution in [3.05, 3.63) is 59.7 Å². The van der Waals surface area contributed by atoms with Crippen LogP contribution in [0.4, 0.5) is 11.4 Å². The number of hydrogen-bond acceptors (Lipinski definition) is 1. The largest absolute Gasteiger partial charge is 0.332 e. The van der Waals surface area contributed by atoms with Crippen molar-refractivity contribution in [2.45, 2.75) is 52.4 Å². The van der Waals surface area contributed by atoms with Gasteiger partial charge in [-0.2, -0.15) is 0 Å². The first-order valence-corrected chi connectivity index (χ1v) is 9.38. The molecule has 0 aliphatic carbocycles. The third kappa shape index (κ3) is 6.32. The van der Waals surface area contributed by atoms with Gasteiger partial charge in [-0.25, -0.2) is 0 Å². The number of thiocarbonyl (C=S) groups is 1. The number of rotatable bonds is 8. The molecule has 0 unspecified atom stereocenters. The van der Waals surface area contributed by atoms with Gasteiger partial charge in [-0.15, -0.1) is 0 Å². The Balaban J connectivity index is 1.84. The first-order chi connectivity index (χ1) is 11.7. The van der Waals surface area contributed by atoms with Gasteiger partial charge in [-0.05, 0) is 73.3 Å². The number of aryl methyl sites for hydroxylation is 2. The second-order valence-corrected chi connectivity index (χ2v) is 6.59. The summed E-state index contributed by atoms with van der Waals surface area (Å²) in [6.07, 6.45) is 7.21. The molecule has 0 heterocycles. The first kappa shape index (κ1) is 18.5. The molecule has 0 spiro atoms. The predicted molar refractivity (Wildman–Crippen MR) is 110 cm³/mol. The Labute approximate surface area is 151 Å². The van der Waals surface area contributed by atoms with Crippen LogP contribution < -0.4 is 10.6 Å². The van der Waals surface area contributed by atoms with Gasteiger partial charge in [0.15, 0.2) is 5.11 Å². The van der Waals surface area contributed by atoms with Gasteiger partial charge in [0, 0.05) is 11.4 Å². The molecule has 128 valence electrons. The second kappa shape index (κ2) is 10.1. The number of benzene rings is 2. The molecule has 0 aromatic heterocycles. The maximum Gasteiger partial charge on any atom is 0.175 e. The summed E-state index contributed by atoms with van der Waals surface area (Å²) in [7, 11) is 0. The van der Waals surface area contributed by atoms with Crippen molar-refractivity contribution in [2.24, 2.45) is 0 Å². The fourth-order valence-corrected chi connectivity index (χ4v) is 2.80. The zero-order valence-electron chi connectivity index (χ0n) is 14.8. The minimum absolute atomic E-state index is 0.623. The molecule has 2 nitrogen and oxygen atoms in total. The molecule has 0 amide bonds. The third-order valence-corrected chi connectivity index (χ3v) is 4.27. The van der Waals surface area contributed by atoms with Crippen LogP contribution in [-0.2, 0) is 12.8 Å². The molecule has 2 aromatic carbocycles. The van der Waals surface area contributed by atoms with Crippen molar-refractivity contribution in [3.8, 4) is 0 Å². The van der Waals surface area contributed by atoms with E-state index in [-0.39, 0.29) is 0 Å². The molecular formula is C21H28N2S. The van der Waals surface area contributed by atoms with E-state index in [2.05, 4.69) is 73.0 Å². The lowest BCUT2D eigenvalue weighted by Crippen LogP contribution is -2.19. The van der Waals surface area contributed by atoms with E-state index < -0.39 is 0 Å². The normalized spacial score (nSPS) is 10.4. The van der Waals surface area contributed by atoms with E-state index in [1.807, 2.05) is 0 Å². The molecule has 2 rings (SSSR count). The van der Waals surface area contributed by atoms with Crippen LogP contribution >= 0.6 is 12.2 Å². The van der Waals surface area contributed by atoms with Gasteiger partial charge in [0.05, 0.1) is 0 Å². The monoisotopic (exact) mass is 340 g/mol. The lowest BCUT2D eigenvalue weighted by molar-refractivity contribution is 0.795. The molecule has 2 aromatic rings. The van der Waals surface area contributed by atoms with Crippen LogP contribution in [0.3, 0.4) is 0 Å². The summed E-state index contributed by atoms with van der Waals surface area (Å²) in [4.78, 5) is 0. The topological polar surface area (TPSA) is 24.1 Å². The standard InChI is InChI=1S/C21H28N2S/c1-3-5-7-17-9-13-19(14-10-17)22-21(24)23-20-15-11-18(12-16-20)8-6-4-2/h9-16H,3-8H2,1-2H3,(H2,22,23,24). The molecule has 0 radical (unpaired) electrons. The van der Waals surface area contributed by atoms with Crippen LogP contribution in [0.25, 0.3) is 0 Å². The van der Waals surface area contributed by atoms with Crippen molar-refractivity contribution in [1.82, 2.24) is 0 Å². The van der Waals surface area contributed by atoms with Gasteiger partial charge in [0.1, 0.15) is 0 Å². The minimum Gasteiger partial charge on any atom is -0.332 e. The molecule has 0 saturated carbocycles. The van der Waals surface area contributed by atoms with Gasteiger partial charge < -0.3 is 10.6 Å². The zero-order valence-corrected chi connectivity index (χ0v) is 15.6. The smallest absolute Gasteiger partial charge is 0.175 e. The van der Waals surface area contributed by atoms with E-state index in [1.54, 1.807) is 0 Å². The summed E-state index contributed by atoms with van der Waals surface area (Å²) in [6.45, 7) is 4.44. The molecule has 0 saturated heterocycles. The maximum atomic E-state index is 5.40. The maximum absolute atomic E-state index is 5.40. The SMILES string of the molecule is CCCCc1ccc(NC(=S)Nc2ccc(CCCC)cc2)cc1. The highest BCUT2D eigenvalue weighted by Gasteiger charge is 2.00. The Bertz CT molecular complexity index is 562. The average Bonchev–Trinajstić information content (AvgIpc) is 2.60. The number of anilines is 2. The number of unbranched alkanes of at least 4 members (excludes halogenated alkanes) is 2. The lowest BCUT2D eigenvalue weighted by Gasteiger charge is -2.11. The first-order valence-electron chi connectivity index (χ1n) is 8.97. The minimum atomic E-state index is 0.623. The van der Waals surface area contributed by atoms with Crippen molar-refractivity contribution < 1.29 is 0 Å². The Hall–Kier alpha value is -1.87. The van der Waals surface area contributed by atoms with Gasteiger partial charge in [-0.1, -0.05) is 51.0 Å². The molecular weight excluding hydrogens is 312 g/mol. The van der Waals surface area contributed by atoms with Crippen LogP contribution in [0, 0.1) is 0 Å². The third-order valence-electron chi connectivity index (χ3n) is 4.06. The number of hydrogen-bond donors (Lipinski definition) is 2. The summed E-state index contributed by atoms with van der Waals surface area (Å²) in [5.41, 5.74) is 4.80. The van der Waals surface area contributed by atoms with Crippen LogP contribution in [0.5, 0.6) is 0 Å². The number of nitrogens with one attached hydrogen (secondary N) is 2.